The number of H-pyrrole nitrogens is 1. The zero-order valence-corrected chi connectivity index (χ0v) is 9.70. The molecule has 1 atom stereocenters. The van der Waals surface area contributed by atoms with Crippen molar-refractivity contribution in [2.45, 2.75) is 25.4 Å². The molecule has 2 aromatic rings. The second-order valence-corrected chi connectivity index (χ2v) is 4.07. The molecule has 0 radical (unpaired) electrons. The van der Waals surface area contributed by atoms with Gasteiger partial charge in [-0.1, -0.05) is 6.92 Å². The lowest BCUT2D eigenvalue weighted by Crippen LogP contribution is -2.12. The minimum Gasteiger partial charge on any atom is -0.348 e. The largest absolute Gasteiger partial charge is 0.396 e. The van der Waals surface area contributed by atoms with Gasteiger partial charge in [-0.15, -0.1) is 0 Å². The summed E-state index contributed by atoms with van der Waals surface area (Å²) in [5, 5.41) is 0. The van der Waals surface area contributed by atoms with Crippen molar-refractivity contribution < 1.29 is 13.2 Å². The van der Waals surface area contributed by atoms with E-state index >= 15 is 0 Å². The highest BCUT2D eigenvalue weighted by atomic mass is 19.4. The van der Waals surface area contributed by atoms with Gasteiger partial charge in [0.05, 0.1) is 5.69 Å². The lowest BCUT2D eigenvalue weighted by atomic mass is 10.00. The van der Waals surface area contributed by atoms with Crippen molar-refractivity contribution in [1.29, 1.82) is 0 Å². The molecule has 0 amide bonds. The van der Waals surface area contributed by atoms with E-state index in [0.29, 0.717) is 5.69 Å². The Labute approximate surface area is 102 Å². The Kier molecular flexibility index (Phi) is 3.36. The quantitative estimate of drug-likeness (QED) is 0.915. The Morgan fingerprint density at radius 2 is 1.94 bits per heavy atom. The van der Waals surface area contributed by atoms with E-state index in [-0.39, 0.29) is 11.7 Å². The van der Waals surface area contributed by atoms with Crippen molar-refractivity contribution in [2.75, 3.05) is 0 Å². The van der Waals surface area contributed by atoms with E-state index in [9.17, 15) is 13.2 Å². The molecule has 0 aliphatic heterocycles. The van der Waals surface area contributed by atoms with Crippen molar-refractivity contribution >= 4 is 0 Å². The number of rotatable bonds is 3. The highest BCUT2D eigenvalue weighted by Gasteiger charge is 2.29. The van der Waals surface area contributed by atoms with Gasteiger partial charge < -0.3 is 4.98 Å². The highest BCUT2D eigenvalue weighted by molar-refractivity contribution is 5.24. The van der Waals surface area contributed by atoms with Crippen LogP contribution in [0, 0.1) is 0 Å². The van der Waals surface area contributed by atoms with Crippen molar-refractivity contribution in [1.82, 2.24) is 15.0 Å². The predicted octanol–water partition coefficient (Wildman–Crippen LogP) is 3.06. The van der Waals surface area contributed by atoms with Crippen LogP contribution in [0.15, 0.2) is 30.7 Å². The number of hydrogen-bond donors (Lipinski definition) is 1. The molecule has 6 heteroatoms. The average molecular weight is 255 g/mol. The molecule has 0 aromatic carbocycles. The first-order valence-corrected chi connectivity index (χ1v) is 5.46. The first-order valence-electron chi connectivity index (χ1n) is 5.46. The van der Waals surface area contributed by atoms with Crippen LogP contribution in [0.3, 0.4) is 0 Å². The summed E-state index contributed by atoms with van der Waals surface area (Å²) < 4.78 is 36.6. The van der Waals surface area contributed by atoms with Gasteiger partial charge in [-0.25, -0.2) is 4.98 Å². The molecular weight excluding hydrogens is 243 g/mol. The summed E-state index contributed by atoms with van der Waals surface area (Å²) in [6, 6.07) is 3.64. The topological polar surface area (TPSA) is 41.6 Å². The molecule has 18 heavy (non-hydrogen) atoms. The molecule has 0 fully saturated rings. The number of hydrogen-bond acceptors (Lipinski definition) is 2. The summed E-state index contributed by atoms with van der Waals surface area (Å²) in [7, 11) is 0. The molecule has 2 aromatic heterocycles. The first kappa shape index (κ1) is 12.6. The van der Waals surface area contributed by atoms with Crippen LogP contribution >= 0.6 is 0 Å². The van der Waals surface area contributed by atoms with E-state index in [2.05, 4.69) is 15.0 Å². The predicted molar refractivity (Wildman–Crippen MR) is 60.1 cm³/mol. The molecule has 2 rings (SSSR count). The fraction of sp³-hybridized carbons (Fsp3) is 0.333. The normalized spacial score (nSPS) is 13.6. The molecule has 0 aliphatic rings. The van der Waals surface area contributed by atoms with Gasteiger partial charge in [0.15, 0.2) is 0 Å². The SMILES string of the molecule is C[C@@H](c1ccncc1)c1c[nH]c(CC(F)(F)F)n1. The second kappa shape index (κ2) is 4.80. The monoisotopic (exact) mass is 255 g/mol. The van der Waals surface area contributed by atoms with Gasteiger partial charge in [0, 0.05) is 24.5 Å². The summed E-state index contributed by atoms with van der Waals surface area (Å²) in [5.74, 6) is -0.121. The zero-order valence-electron chi connectivity index (χ0n) is 9.70. The summed E-state index contributed by atoms with van der Waals surface area (Å²) >= 11 is 0. The summed E-state index contributed by atoms with van der Waals surface area (Å²) in [6.45, 7) is 1.89. The van der Waals surface area contributed by atoms with Crippen LogP contribution in [-0.2, 0) is 6.42 Å². The van der Waals surface area contributed by atoms with Gasteiger partial charge in [-0.05, 0) is 17.7 Å². The third kappa shape index (κ3) is 3.09. The molecule has 3 nitrogen and oxygen atoms in total. The van der Waals surface area contributed by atoms with Crippen molar-refractivity contribution in [2.24, 2.45) is 0 Å². The molecule has 0 unspecified atom stereocenters. The Bertz CT molecular complexity index is 505. The van der Waals surface area contributed by atoms with E-state index in [4.69, 9.17) is 0 Å². The van der Waals surface area contributed by atoms with Crippen LogP contribution in [0.4, 0.5) is 13.2 Å². The maximum absolute atomic E-state index is 12.2. The van der Waals surface area contributed by atoms with Gasteiger partial charge in [0.25, 0.3) is 0 Å². The van der Waals surface area contributed by atoms with E-state index in [1.165, 1.54) is 6.20 Å². The molecule has 0 bridgehead atoms. The summed E-state index contributed by atoms with van der Waals surface area (Å²) in [4.78, 5) is 10.4. The van der Waals surface area contributed by atoms with Gasteiger partial charge >= 0.3 is 6.18 Å². The van der Waals surface area contributed by atoms with Crippen LogP contribution < -0.4 is 0 Å². The Morgan fingerprint density at radius 1 is 1.28 bits per heavy atom. The van der Waals surface area contributed by atoms with Crippen LogP contribution in [0.1, 0.15) is 29.9 Å². The molecule has 96 valence electrons. The number of halogens is 3. The van der Waals surface area contributed by atoms with Crippen LogP contribution in [0.25, 0.3) is 0 Å². The van der Waals surface area contributed by atoms with Crippen molar-refractivity contribution in [3.05, 3.63) is 47.8 Å². The number of imidazole rings is 1. The molecule has 0 aliphatic carbocycles. The van der Waals surface area contributed by atoms with Gasteiger partial charge in [0.1, 0.15) is 12.2 Å². The van der Waals surface area contributed by atoms with E-state index in [0.717, 1.165) is 5.56 Å². The standard InChI is InChI=1S/C12H12F3N3/c1-8(9-2-4-16-5-3-9)10-7-17-11(18-10)6-12(13,14)15/h2-5,7-8H,6H2,1H3,(H,17,18)/t8-/m0/s1. The highest BCUT2D eigenvalue weighted by Crippen LogP contribution is 2.24. The van der Waals surface area contributed by atoms with Gasteiger partial charge in [-0.3, -0.25) is 4.98 Å². The number of nitrogens with one attached hydrogen (secondary N) is 1. The number of alkyl halides is 3. The zero-order chi connectivity index (χ0) is 13.2. The molecular formula is C12H12F3N3. The summed E-state index contributed by atoms with van der Waals surface area (Å²) in [5.41, 5.74) is 1.57. The third-order valence-corrected chi connectivity index (χ3v) is 2.67. The second-order valence-electron chi connectivity index (χ2n) is 4.07. The fourth-order valence-corrected chi connectivity index (χ4v) is 1.70. The summed E-state index contributed by atoms with van der Waals surface area (Å²) in [6.07, 6.45) is -0.457. The third-order valence-electron chi connectivity index (χ3n) is 2.67. The van der Waals surface area contributed by atoms with Crippen molar-refractivity contribution in [3.8, 4) is 0 Å². The smallest absolute Gasteiger partial charge is 0.348 e. The molecule has 0 saturated carbocycles. The number of nitrogens with zero attached hydrogens (tertiary/aromatic N) is 2. The first-order chi connectivity index (χ1) is 8.46. The number of aromatic nitrogens is 3. The van der Waals surface area contributed by atoms with Crippen LogP contribution in [-0.4, -0.2) is 21.1 Å². The molecule has 2 heterocycles. The Balaban J connectivity index is 2.15. The molecule has 0 saturated heterocycles. The Hall–Kier alpha value is -1.85. The number of pyridine rings is 1. The number of aromatic amines is 1. The van der Waals surface area contributed by atoms with E-state index in [1.807, 2.05) is 19.1 Å². The van der Waals surface area contributed by atoms with Crippen LogP contribution in [0.5, 0.6) is 0 Å². The minimum atomic E-state index is -4.24. The lowest BCUT2D eigenvalue weighted by Gasteiger charge is -2.08. The van der Waals surface area contributed by atoms with Crippen LogP contribution in [0.2, 0.25) is 0 Å². The lowest BCUT2D eigenvalue weighted by molar-refractivity contribution is -0.128. The average Bonchev–Trinajstić information content (AvgIpc) is 2.75. The van der Waals surface area contributed by atoms with E-state index in [1.54, 1.807) is 12.4 Å². The van der Waals surface area contributed by atoms with Gasteiger partial charge in [0.2, 0.25) is 0 Å². The van der Waals surface area contributed by atoms with Crippen molar-refractivity contribution in [3.63, 3.8) is 0 Å². The fourth-order valence-electron chi connectivity index (χ4n) is 1.70. The van der Waals surface area contributed by atoms with E-state index < -0.39 is 12.6 Å². The maximum atomic E-state index is 12.2. The maximum Gasteiger partial charge on any atom is 0.396 e. The molecule has 0 spiro atoms. The minimum absolute atomic E-state index is 0.0570. The Morgan fingerprint density at radius 3 is 2.56 bits per heavy atom. The molecule has 1 N–H and O–H groups in total. The van der Waals surface area contributed by atoms with Gasteiger partial charge in [-0.2, -0.15) is 13.2 Å².